The number of carbonyl (C=O) groups is 4. The number of benzene rings is 2. The molecule has 1 spiro atoms. The van der Waals surface area contributed by atoms with Gasteiger partial charge in [0.2, 0.25) is 0 Å². The van der Waals surface area contributed by atoms with Crippen LogP contribution in [0, 0.1) is 11.3 Å². The van der Waals surface area contributed by atoms with Gasteiger partial charge in [-0.15, -0.1) is 0 Å². The van der Waals surface area contributed by atoms with E-state index in [1.54, 1.807) is 24.3 Å². The van der Waals surface area contributed by atoms with Gasteiger partial charge in [-0.2, -0.15) is 5.26 Å². The number of imide groups is 1. The number of amides is 5. The summed E-state index contributed by atoms with van der Waals surface area (Å²) in [5.74, 6) is -2.10. The minimum atomic E-state index is -1.43. The Labute approximate surface area is 222 Å². The number of nitrogens with zero attached hydrogens (tertiary/aromatic N) is 4. The highest BCUT2D eigenvalue weighted by atomic mass is 35.5. The molecule has 0 unspecified atom stereocenters. The van der Waals surface area contributed by atoms with E-state index in [1.807, 2.05) is 0 Å². The molecule has 12 heteroatoms. The number of carbonyl (C=O) groups excluding carboxylic acids is 3. The van der Waals surface area contributed by atoms with Crippen molar-refractivity contribution in [1.29, 1.82) is 5.26 Å². The van der Waals surface area contributed by atoms with Crippen molar-refractivity contribution in [3.8, 4) is 6.07 Å². The molecule has 5 amide bonds. The van der Waals surface area contributed by atoms with Gasteiger partial charge in [-0.1, -0.05) is 35.3 Å². The van der Waals surface area contributed by atoms with Crippen LogP contribution in [0.2, 0.25) is 10.0 Å². The van der Waals surface area contributed by atoms with Gasteiger partial charge in [-0.05, 0) is 42.3 Å². The van der Waals surface area contributed by atoms with E-state index in [1.165, 1.54) is 35.0 Å². The third-order valence-corrected chi connectivity index (χ3v) is 7.18. The van der Waals surface area contributed by atoms with Gasteiger partial charge in [0, 0.05) is 42.5 Å². The largest absolute Gasteiger partial charge is 0.481 e. The molecular weight excluding hydrogens is 521 g/mol. The Bertz CT molecular complexity index is 1290. The molecule has 2 aliphatic heterocycles. The van der Waals surface area contributed by atoms with Crippen LogP contribution in [-0.2, 0) is 9.59 Å². The average Bonchev–Trinajstić information content (AvgIpc) is 3.34. The first kappa shape index (κ1) is 26.3. The van der Waals surface area contributed by atoms with Crippen molar-refractivity contribution >= 4 is 52.8 Å². The van der Waals surface area contributed by atoms with Gasteiger partial charge in [-0.25, -0.2) is 14.5 Å². The molecule has 0 aromatic heterocycles. The fraction of sp³-hybridized carbons (Fsp3) is 0.320. The molecule has 4 rings (SSSR count). The van der Waals surface area contributed by atoms with Gasteiger partial charge < -0.3 is 20.2 Å². The molecule has 10 nitrogen and oxygen atoms in total. The minimum absolute atomic E-state index is 0.0890. The molecule has 0 radical (unpaired) electrons. The number of carboxylic acid groups (broad SMARTS) is 1. The summed E-state index contributed by atoms with van der Waals surface area (Å²) in [6, 6.07) is 12.1. The summed E-state index contributed by atoms with van der Waals surface area (Å²) in [6.45, 7) is 0.171. The Morgan fingerprint density at radius 1 is 1.16 bits per heavy atom. The minimum Gasteiger partial charge on any atom is -0.481 e. The zero-order valence-corrected chi connectivity index (χ0v) is 21.3. The lowest BCUT2D eigenvalue weighted by molar-refractivity contribution is -0.137. The van der Waals surface area contributed by atoms with E-state index in [4.69, 9.17) is 28.3 Å². The Morgan fingerprint density at radius 2 is 1.81 bits per heavy atom. The Balaban J connectivity index is 1.71. The monoisotopic (exact) mass is 543 g/mol. The number of likely N-dealkylation sites (tertiary alicyclic amines) is 1. The van der Waals surface area contributed by atoms with Crippen LogP contribution in [-0.4, -0.2) is 71.1 Å². The maximum absolute atomic E-state index is 14.1. The molecule has 2 aromatic rings. The summed E-state index contributed by atoms with van der Waals surface area (Å²) in [4.78, 5) is 55.1. The van der Waals surface area contributed by atoms with Crippen LogP contribution >= 0.6 is 23.2 Å². The van der Waals surface area contributed by atoms with Gasteiger partial charge in [0.05, 0.1) is 23.9 Å². The molecule has 2 aliphatic rings. The average molecular weight is 544 g/mol. The topological polar surface area (TPSA) is 134 Å². The second-order valence-corrected chi connectivity index (χ2v) is 9.80. The summed E-state index contributed by atoms with van der Waals surface area (Å²) in [5, 5.41) is 21.2. The van der Waals surface area contributed by atoms with Crippen LogP contribution in [0.4, 0.5) is 15.3 Å². The Morgan fingerprint density at radius 3 is 2.41 bits per heavy atom. The molecule has 0 bridgehead atoms. The molecule has 2 fully saturated rings. The van der Waals surface area contributed by atoms with Crippen LogP contribution in [0.1, 0.15) is 29.9 Å². The summed E-state index contributed by atoms with van der Waals surface area (Å²) in [5.41, 5.74) is -0.106. The van der Waals surface area contributed by atoms with Crippen LogP contribution in [0.3, 0.4) is 0 Å². The number of aliphatic carboxylic acids is 1. The zero-order chi connectivity index (χ0) is 26.9. The van der Waals surface area contributed by atoms with Crippen molar-refractivity contribution in [2.75, 3.05) is 31.6 Å². The van der Waals surface area contributed by atoms with Crippen molar-refractivity contribution in [2.24, 2.45) is 0 Å². The third kappa shape index (κ3) is 4.80. The van der Waals surface area contributed by atoms with E-state index in [2.05, 4.69) is 11.4 Å². The number of carboxylic acids is 1. The van der Waals surface area contributed by atoms with Crippen molar-refractivity contribution in [3.63, 3.8) is 0 Å². The number of nitriles is 1. The first-order valence-electron chi connectivity index (χ1n) is 11.4. The predicted octanol–water partition coefficient (Wildman–Crippen LogP) is 3.68. The number of hydrogen-bond acceptors (Lipinski definition) is 5. The van der Waals surface area contributed by atoms with E-state index >= 15 is 0 Å². The van der Waals surface area contributed by atoms with Crippen LogP contribution in [0.5, 0.6) is 0 Å². The molecular formula is C25H23Cl2N5O5. The quantitative estimate of drug-likeness (QED) is 0.421. The molecule has 2 aromatic carbocycles. The molecule has 0 saturated carbocycles. The summed E-state index contributed by atoms with van der Waals surface area (Å²) in [6.07, 6.45) is 0.157. The van der Waals surface area contributed by atoms with Crippen molar-refractivity contribution < 1.29 is 24.3 Å². The number of urea groups is 2. The highest BCUT2D eigenvalue weighted by Gasteiger charge is 2.65. The smallest absolute Gasteiger partial charge is 0.332 e. The molecule has 2 heterocycles. The lowest BCUT2D eigenvalue weighted by Crippen LogP contribution is -2.54. The Hall–Kier alpha value is -3.81. The Kier molecular flexibility index (Phi) is 7.30. The number of nitrogens with one attached hydrogen (secondary N) is 1. The predicted molar refractivity (Wildman–Crippen MR) is 136 cm³/mol. The van der Waals surface area contributed by atoms with Crippen molar-refractivity contribution in [1.82, 2.24) is 15.1 Å². The highest BCUT2D eigenvalue weighted by Crippen LogP contribution is 2.46. The highest BCUT2D eigenvalue weighted by molar-refractivity contribution is 6.35. The molecule has 0 aliphatic carbocycles. The lowest BCUT2D eigenvalue weighted by Gasteiger charge is -2.33. The number of rotatable bonds is 6. The maximum Gasteiger partial charge on any atom is 0.332 e. The normalized spacial score (nSPS) is 21.0. The fourth-order valence-corrected chi connectivity index (χ4v) is 5.42. The zero-order valence-electron chi connectivity index (χ0n) is 19.8. The van der Waals surface area contributed by atoms with E-state index in [-0.39, 0.29) is 48.2 Å². The van der Waals surface area contributed by atoms with E-state index in [0.717, 1.165) is 4.90 Å². The second-order valence-electron chi connectivity index (χ2n) is 8.93. The summed E-state index contributed by atoms with van der Waals surface area (Å²) in [7, 11) is 1.51. The second kappa shape index (κ2) is 10.3. The number of likely N-dealkylation sites (N-methyl/N-ethyl adjacent to an activating group) is 1. The van der Waals surface area contributed by atoms with E-state index in [9.17, 15) is 24.4 Å². The standard InChI is InChI=1S/C25H23Cl2N5O5/c1-30-24(37)32(19-10-17(26)9-18(27)11-19)22(35)25(30)14-31(23(36)29-8-2-3-21(33)34)13-20(25)16-6-4-15(12-28)5-7-16/h4-7,9-11,20H,2-3,8,13-14H2,1H3,(H,29,36)(H,33,34)/t20-,25+/m0/s1. The van der Waals surface area contributed by atoms with Gasteiger partial charge in [0.1, 0.15) is 5.54 Å². The van der Waals surface area contributed by atoms with Gasteiger partial charge >= 0.3 is 18.0 Å². The third-order valence-electron chi connectivity index (χ3n) is 6.74. The van der Waals surface area contributed by atoms with Crippen LogP contribution < -0.4 is 10.2 Å². The fourth-order valence-electron chi connectivity index (χ4n) is 4.91. The van der Waals surface area contributed by atoms with E-state index in [0.29, 0.717) is 11.1 Å². The van der Waals surface area contributed by atoms with Crippen molar-refractivity contribution in [3.05, 3.63) is 63.6 Å². The molecule has 2 atom stereocenters. The van der Waals surface area contributed by atoms with Gasteiger partial charge in [0.25, 0.3) is 5.91 Å². The van der Waals surface area contributed by atoms with Gasteiger partial charge in [0.15, 0.2) is 0 Å². The first-order chi connectivity index (χ1) is 17.6. The molecule has 2 saturated heterocycles. The van der Waals surface area contributed by atoms with Crippen LogP contribution in [0.15, 0.2) is 42.5 Å². The SMILES string of the molecule is CN1C(=O)N(c2cc(Cl)cc(Cl)c2)C(=O)[C@]12CN(C(=O)NCCCC(=O)O)C[C@H]2c1ccc(C#N)cc1. The molecule has 37 heavy (non-hydrogen) atoms. The summed E-state index contributed by atoms with van der Waals surface area (Å²) >= 11 is 12.3. The lowest BCUT2D eigenvalue weighted by atomic mass is 9.80. The number of hydrogen-bond donors (Lipinski definition) is 2. The molecule has 192 valence electrons. The van der Waals surface area contributed by atoms with E-state index < -0.39 is 35.4 Å². The summed E-state index contributed by atoms with van der Waals surface area (Å²) < 4.78 is 0. The molecule has 2 N–H and O–H groups in total. The van der Waals surface area contributed by atoms with Gasteiger partial charge in [-0.3, -0.25) is 9.59 Å². The van der Waals surface area contributed by atoms with Crippen molar-refractivity contribution in [2.45, 2.75) is 24.3 Å². The number of anilines is 1. The maximum atomic E-state index is 14.1. The van der Waals surface area contributed by atoms with Crippen LogP contribution in [0.25, 0.3) is 0 Å². The number of halogens is 2. The first-order valence-corrected chi connectivity index (χ1v) is 12.2.